The maximum absolute atomic E-state index is 5.29. The fourth-order valence-electron chi connectivity index (χ4n) is 0.965. The van der Waals surface area contributed by atoms with Gasteiger partial charge in [-0.25, -0.2) is 0 Å². The molecule has 0 unspecified atom stereocenters. The van der Waals surface area contributed by atoms with E-state index in [9.17, 15) is 0 Å². The van der Waals surface area contributed by atoms with Crippen molar-refractivity contribution in [2.24, 2.45) is 0 Å². The average molecular weight is 158 g/mol. The van der Waals surface area contributed by atoms with Crippen LogP contribution in [0.1, 0.15) is 11.1 Å². The van der Waals surface area contributed by atoms with Gasteiger partial charge in [0.1, 0.15) is 5.75 Å². The first-order valence-electron chi connectivity index (χ1n) is 3.59. The molecule has 0 heterocycles. The predicted octanol–water partition coefficient (Wildman–Crippen LogP) is 2.32. The van der Waals surface area contributed by atoms with E-state index in [-0.39, 0.29) is 0 Å². The number of methoxy groups -OCH3 is 1. The van der Waals surface area contributed by atoms with Gasteiger partial charge in [-0.1, -0.05) is 24.6 Å². The molecule has 1 aromatic rings. The topological polar surface area (TPSA) is 9.23 Å². The van der Waals surface area contributed by atoms with Crippen LogP contribution in [-0.4, -0.2) is 7.11 Å². The second kappa shape index (κ2) is 3.64. The molecule has 0 aliphatic rings. The molecule has 0 radical (unpaired) electrons. The van der Waals surface area contributed by atoms with Crippen molar-refractivity contribution in [3.05, 3.63) is 35.9 Å². The lowest BCUT2D eigenvalue weighted by Crippen LogP contribution is -1.87. The van der Waals surface area contributed by atoms with Gasteiger partial charge in [-0.15, -0.1) is 6.42 Å². The average Bonchev–Trinajstić information content (AvgIpc) is 2.16. The highest BCUT2D eigenvalue weighted by atomic mass is 16.5. The van der Waals surface area contributed by atoms with Crippen LogP contribution in [0.2, 0.25) is 0 Å². The molecule has 0 atom stereocenters. The Morgan fingerprint density at radius 2 is 2.33 bits per heavy atom. The lowest BCUT2D eigenvalue weighted by Gasteiger charge is -2.03. The van der Waals surface area contributed by atoms with Crippen LogP contribution >= 0.6 is 0 Å². The van der Waals surface area contributed by atoms with Gasteiger partial charge >= 0.3 is 0 Å². The van der Waals surface area contributed by atoms with Gasteiger partial charge in [0.2, 0.25) is 0 Å². The van der Waals surface area contributed by atoms with E-state index in [4.69, 9.17) is 11.2 Å². The maximum Gasteiger partial charge on any atom is 0.134 e. The first kappa shape index (κ1) is 8.42. The number of ether oxygens (including phenoxy) is 1. The third kappa shape index (κ3) is 1.49. The Morgan fingerprint density at radius 1 is 1.58 bits per heavy atom. The summed E-state index contributed by atoms with van der Waals surface area (Å²) >= 11 is 0. The van der Waals surface area contributed by atoms with E-state index in [1.165, 1.54) is 0 Å². The Balaban J connectivity index is 3.21. The molecule has 0 saturated heterocycles. The molecule has 60 valence electrons. The van der Waals surface area contributed by atoms with Gasteiger partial charge < -0.3 is 4.74 Å². The van der Waals surface area contributed by atoms with Gasteiger partial charge in [0.15, 0.2) is 0 Å². The van der Waals surface area contributed by atoms with Crippen molar-refractivity contribution in [2.75, 3.05) is 7.11 Å². The molecule has 1 heteroatoms. The minimum atomic E-state index is 0.725. The molecular weight excluding hydrogens is 148 g/mol. The maximum atomic E-state index is 5.29. The van der Waals surface area contributed by atoms with E-state index in [0.29, 0.717) is 0 Å². The zero-order valence-electron chi connectivity index (χ0n) is 7.00. The zero-order valence-corrected chi connectivity index (χ0v) is 7.00. The van der Waals surface area contributed by atoms with Gasteiger partial charge in [0.25, 0.3) is 0 Å². The fourth-order valence-corrected chi connectivity index (χ4v) is 0.965. The van der Waals surface area contributed by atoms with Crippen LogP contribution in [0, 0.1) is 12.3 Å². The molecule has 0 N–H and O–H groups in total. The molecule has 0 amide bonds. The van der Waals surface area contributed by atoms with Crippen LogP contribution in [0.3, 0.4) is 0 Å². The number of rotatable bonds is 2. The quantitative estimate of drug-likeness (QED) is 0.600. The van der Waals surface area contributed by atoms with Crippen molar-refractivity contribution in [2.45, 2.75) is 0 Å². The van der Waals surface area contributed by atoms with E-state index in [1.807, 2.05) is 18.2 Å². The van der Waals surface area contributed by atoms with E-state index in [1.54, 1.807) is 13.2 Å². The van der Waals surface area contributed by atoms with Crippen LogP contribution in [0.15, 0.2) is 24.8 Å². The zero-order chi connectivity index (χ0) is 8.97. The third-order valence-electron chi connectivity index (χ3n) is 1.61. The molecule has 0 saturated carbocycles. The number of hydrogen-bond donors (Lipinski definition) is 0. The van der Waals surface area contributed by atoms with Gasteiger partial charge in [0, 0.05) is 0 Å². The second-order valence-electron chi connectivity index (χ2n) is 2.31. The summed E-state index contributed by atoms with van der Waals surface area (Å²) in [7, 11) is 1.60. The molecule has 1 aromatic carbocycles. The lowest BCUT2D eigenvalue weighted by molar-refractivity contribution is 0.413. The smallest absolute Gasteiger partial charge is 0.134 e. The molecule has 0 spiro atoms. The summed E-state index contributed by atoms with van der Waals surface area (Å²) in [6.45, 7) is 3.65. The van der Waals surface area contributed by atoms with Crippen LogP contribution in [0.25, 0.3) is 6.08 Å². The monoisotopic (exact) mass is 158 g/mol. The number of hydrogen-bond acceptors (Lipinski definition) is 1. The highest BCUT2D eigenvalue weighted by Gasteiger charge is 1.98. The third-order valence-corrected chi connectivity index (χ3v) is 1.61. The molecule has 12 heavy (non-hydrogen) atoms. The van der Waals surface area contributed by atoms with Gasteiger partial charge in [-0.2, -0.15) is 0 Å². The summed E-state index contributed by atoms with van der Waals surface area (Å²) in [6, 6.07) is 5.62. The van der Waals surface area contributed by atoms with Crippen LogP contribution in [0.5, 0.6) is 5.75 Å². The Hall–Kier alpha value is -1.68. The van der Waals surface area contributed by atoms with E-state index >= 15 is 0 Å². The first-order valence-corrected chi connectivity index (χ1v) is 3.59. The fraction of sp³-hybridized carbons (Fsp3) is 0.0909. The summed E-state index contributed by atoms with van der Waals surface area (Å²) in [5.41, 5.74) is 1.76. The SMILES string of the molecule is C#Cc1cc(C=C)ccc1OC. The van der Waals surface area contributed by atoms with Crippen molar-refractivity contribution in [3.63, 3.8) is 0 Å². The second-order valence-corrected chi connectivity index (χ2v) is 2.31. The van der Waals surface area contributed by atoms with Crippen LogP contribution < -0.4 is 4.74 Å². The van der Waals surface area contributed by atoms with Crippen molar-refractivity contribution in [1.29, 1.82) is 0 Å². The number of terminal acetylenes is 1. The summed E-state index contributed by atoms with van der Waals surface area (Å²) in [5.74, 6) is 3.27. The minimum absolute atomic E-state index is 0.725. The van der Waals surface area contributed by atoms with Gasteiger partial charge in [0.05, 0.1) is 12.7 Å². The summed E-state index contributed by atoms with van der Waals surface area (Å²) in [5, 5.41) is 0. The number of benzene rings is 1. The van der Waals surface area contributed by atoms with Crippen molar-refractivity contribution < 1.29 is 4.74 Å². The Labute approximate surface area is 72.7 Å². The Morgan fingerprint density at radius 3 is 2.83 bits per heavy atom. The Kier molecular flexibility index (Phi) is 2.55. The molecule has 1 rings (SSSR count). The van der Waals surface area contributed by atoms with Crippen LogP contribution in [-0.2, 0) is 0 Å². The molecule has 0 fully saturated rings. The molecule has 0 aromatic heterocycles. The van der Waals surface area contributed by atoms with Crippen molar-refractivity contribution >= 4 is 6.08 Å². The highest BCUT2D eigenvalue weighted by Crippen LogP contribution is 2.18. The summed E-state index contributed by atoms with van der Waals surface area (Å²) < 4.78 is 5.06. The van der Waals surface area contributed by atoms with Crippen LogP contribution in [0.4, 0.5) is 0 Å². The van der Waals surface area contributed by atoms with E-state index < -0.39 is 0 Å². The van der Waals surface area contributed by atoms with Crippen molar-refractivity contribution in [3.8, 4) is 18.1 Å². The normalized spacial score (nSPS) is 8.67. The van der Waals surface area contributed by atoms with E-state index in [0.717, 1.165) is 16.9 Å². The highest BCUT2D eigenvalue weighted by molar-refractivity contribution is 5.55. The van der Waals surface area contributed by atoms with Gasteiger partial charge in [-0.05, 0) is 17.7 Å². The minimum Gasteiger partial charge on any atom is -0.495 e. The predicted molar refractivity (Wildman–Crippen MR) is 51.0 cm³/mol. The standard InChI is InChI=1S/C11H10O/c1-4-9-6-7-11(12-3)10(5-2)8-9/h2,4,6-8H,1H2,3H3. The van der Waals surface area contributed by atoms with Gasteiger partial charge in [-0.3, -0.25) is 0 Å². The Bertz CT molecular complexity index is 331. The lowest BCUT2D eigenvalue weighted by atomic mass is 10.1. The molecule has 0 aliphatic heterocycles. The van der Waals surface area contributed by atoms with Crippen molar-refractivity contribution in [1.82, 2.24) is 0 Å². The summed E-state index contributed by atoms with van der Waals surface area (Å²) in [6.07, 6.45) is 7.04. The van der Waals surface area contributed by atoms with E-state index in [2.05, 4.69) is 12.5 Å². The molecule has 0 aliphatic carbocycles. The first-order chi connectivity index (χ1) is 5.81. The molecule has 0 bridgehead atoms. The molecular formula is C11H10O. The summed E-state index contributed by atoms with van der Waals surface area (Å²) in [4.78, 5) is 0. The molecule has 1 nitrogen and oxygen atoms in total. The largest absolute Gasteiger partial charge is 0.495 e.